The third-order valence-corrected chi connectivity index (χ3v) is 4.16. The first-order chi connectivity index (χ1) is 11.5. The van der Waals surface area contributed by atoms with E-state index in [0.717, 1.165) is 28.4 Å². The largest absolute Gasteiger partial charge is 0.481 e. The van der Waals surface area contributed by atoms with Crippen LogP contribution in [0.1, 0.15) is 18.5 Å². The number of halogens is 1. The number of carboxylic acids is 1. The average Bonchev–Trinajstić information content (AvgIpc) is 3.04. The molecule has 7 nitrogen and oxygen atoms in total. The molecule has 0 atom stereocenters. The number of aryl methyl sites for hydroxylation is 1. The fourth-order valence-electron chi connectivity index (χ4n) is 2.55. The Bertz CT molecular complexity index is 899. The van der Waals surface area contributed by atoms with E-state index in [9.17, 15) is 4.79 Å². The summed E-state index contributed by atoms with van der Waals surface area (Å²) in [6.07, 6.45) is 4.21. The molecule has 0 aromatic carbocycles. The van der Waals surface area contributed by atoms with E-state index in [1.54, 1.807) is 23.1 Å². The predicted octanol–water partition coefficient (Wildman–Crippen LogP) is 2.97. The first-order valence-corrected chi connectivity index (χ1v) is 7.97. The van der Waals surface area contributed by atoms with E-state index in [4.69, 9.17) is 16.7 Å². The van der Waals surface area contributed by atoms with Gasteiger partial charge in [-0.05, 0) is 25.5 Å². The van der Waals surface area contributed by atoms with E-state index in [0.29, 0.717) is 18.0 Å². The van der Waals surface area contributed by atoms with Crippen LogP contribution in [0.4, 0.5) is 5.82 Å². The van der Waals surface area contributed by atoms with Gasteiger partial charge in [-0.3, -0.25) is 13.9 Å². The lowest BCUT2D eigenvalue weighted by Crippen LogP contribution is -2.07. The number of pyridine rings is 1. The quantitative estimate of drug-likeness (QED) is 0.670. The second kappa shape index (κ2) is 6.52. The molecule has 3 heterocycles. The molecule has 0 saturated heterocycles. The van der Waals surface area contributed by atoms with Gasteiger partial charge in [0.25, 0.3) is 0 Å². The summed E-state index contributed by atoms with van der Waals surface area (Å²) in [5, 5.41) is 16.9. The molecule has 8 heteroatoms. The Morgan fingerprint density at radius 1 is 1.42 bits per heavy atom. The summed E-state index contributed by atoms with van der Waals surface area (Å²) in [6.45, 7) is 2.51. The van der Waals surface area contributed by atoms with Crippen molar-refractivity contribution in [1.82, 2.24) is 19.2 Å². The van der Waals surface area contributed by atoms with Crippen LogP contribution in [0.15, 0.2) is 24.5 Å². The van der Waals surface area contributed by atoms with Gasteiger partial charge in [0.15, 0.2) is 0 Å². The van der Waals surface area contributed by atoms with Crippen molar-refractivity contribution in [3.8, 4) is 11.3 Å². The highest BCUT2D eigenvalue weighted by molar-refractivity contribution is 6.30. The van der Waals surface area contributed by atoms with Gasteiger partial charge in [-0.15, -0.1) is 0 Å². The molecule has 0 radical (unpaired) electrons. The molecule has 3 aromatic rings. The van der Waals surface area contributed by atoms with Gasteiger partial charge in [-0.2, -0.15) is 5.10 Å². The van der Waals surface area contributed by atoms with Crippen LogP contribution in [0.25, 0.3) is 16.9 Å². The maximum absolute atomic E-state index is 10.7. The molecule has 0 spiro atoms. The third-order valence-electron chi connectivity index (χ3n) is 3.93. The molecule has 0 fully saturated rings. The molecule has 0 aliphatic heterocycles. The summed E-state index contributed by atoms with van der Waals surface area (Å²) in [5.41, 5.74) is 3.47. The Kier molecular flexibility index (Phi) is 4.44. The Balaban J connectivity index is 2.02. The number of nitrogens with zero attached hydrogens (tertiary/aromatic N) is 4. The number of anilines is 1. The van der Waals surface area contributed by atoms with Crippen molar-refractivity contribution in [2.45, 2.75) is 19.8 Å². The number of nitrogens with one attached hydrogen (secondary N) is 1. The monoisotopic (exact) mass is 347 g/mol. The van der Waals surface area contributed by atoms with E-state index in [1.165, 1.54) is 0 Å². The van der Waals surface area contributed by atoms with Gasteiger partial charge in [0.05, 0.1) is 11.2 Å². The van der Waals surface area contributed by atoms with Crippen LogP contribution in [-0.4, -0.2) is 36.8 Å². The van der Waals surface area contributed by atoms with Gasteiger partial charge < -0.3 is 10.4 Å². The Hall–Kier alpha value is -2.54. The first kappa shape index (κ1) is 16.3. The van der Waals surface area contributed by atoms with E-state index in [1.807, 2.05) is 24.4 Å². The molecule has 0 bridgehead atoms. The van der Waals surface area contributed by atoms with Crippen LogP contribution in [0.2, 0.25) is 5.02 Å². The number of aromatic nitrogens is 4. The highest BCUT2D eigenvalue weighted by Crippen LogP contribution is 2.31. The Morgan fingerprint density at radius 3 is 2.88 bits per heavy atom. The van der Waals surface area contributed by atoms with Gasteiger partial charge in [0.2, 0.25) is 0 Å². The zero-order valence-electron chi connectivity index (χ0n) is 13.5. The van der Waals surface area contributed by atoms with Crippen LogP contribution < -0.4 is 5.32 Å². The summed E-state index contributed by atoms with van der Waals surface area (Å²) < 4.78 is 3.67. The second-order valence-corrected chi connectivity index (χ2v) is 6.01. The van der Waals surface area contributed by atoms with Crippen LogP contribution in [0.5, 0.6) is 0 Å². The van der Waals surface area contributed by atoms with Crippen LogP contribution in [0, 0.1) is 6.92 Å². The minimum absolute atomic E-state index is 0.117. The van der Waals surface area contributed by atoms with Crippen molar-refractivity contribution < 1.29 is 9.90 Å². The molecule has 0 aliphatic carbocycles. The molecule has 0 unspecified atom stereocenters. The molecule has 2 N–H and O–H groups in total. The van der Waals surface area contributed by atoms with Gasteiger partial charge in [0, 0.05) is 37.5 Å². The van der Waals surface area contributed by atoms with E-state index >= 15 is 0 Å². The van der Waals surface area contributed by atoms with Gasteiger partial charge in [0.1, 0.15) is 17.2 Å². The zero-order valence-corrected chi connectivity index (χ0v) is 14.2. The fourth-order valence-corrected chi connectivity index (χ4v) is 2.71. The number of carboxylic acid groups (broad SMARTS) is 1. The van der Waals surface area contributed by atoms with Gasteiger partial charge in [-0.1, -0.05) is 11.6 Å². The lowest BCUT2D eigenvalue weighted by molar-refractivity contribution is -0.137. The van der Waals surface area contributed by atoms with Gasteiger partial charge in [-0.25, -0.2) is 4.98 Å². The molecule has 0 amide bonds. The zero-order chi connectivity index (χ0) is 17.3. The first-order valence-electron chi connectivity index (χ1n) is 7.59. The smallest absolute Gasteiger partial charge is 0.303 e. The molecular formula is C16H18ClN5O2. The van der Waals surface area contributed by atoms with Crippen LogP contribution >= 0.6 is 11.6 Å². The van der Waals surface area contributed by atoms with Crippen molar-refractivity contribution in [3.05, 3.63) is 35.2 Å². The molecule has 0 aliphatic rings. The molecule has 3 aromatic heterocycles. The molecule has 3 rings (SSSR count). The third kappa shape index (κ3) is 3.07. The highest BCUT2D eigenvalue weighted by atomic mass is 35.5. The summed E-state index contributed by atoms with van der Waals surface area (Å²) in [5.74, 6) is -0.0182. The topological polar surface area (TPSA) is 84.4 Å². The minimum atomic E-state index is -0.804. The molecule has 24 heavy (non-hydrogen) atoms. The normalized spacial score (nSPS) is 11.1. The lowest BCUT2D eigenvalue weighted by Gasteiger charge is -2.08. The highest BCUT2D eigenvalue weighted by Gasteiger charge is 2.18. The maximum atomic E-state index is 10.7. The number of rotatable bonds is 6. The Labute approximate surface area is 143 Å². The SMILES string of the molecule is Cc1c(-c2nc3ccc(Cl)cn3c2NCCCC(=O)O)cnn1C. The number of carbonyl (C=O) groups is 1. The minimum Gasteiger partial charge on any atom is -0.481 e. The van der Waals surface area contributed by atoms with Gasteiger partial charge >= 0.3 is 5.97 Å². The van der Waals surface area contributed by atoms with Crippen molar-refractivity contribution in [1.29, 1.82) is 0 Å². The van der Waals surface area contributed by atoms with Crippen molar-refractivity contribution in [2.24, 2.45) is 7.05 Å². The molecule has 126 valence electrons. The molecule has 0 saturated carbocycles. The number of imidazole rings is 1. The number of hydrogen-bond acceptors (Lipinski definition) is 4. The van der Waals surface area contributed by atoms with Crippen molar-refractivity contribution in [3.63, 3.8) is 0 Å². The summed E-state index contributed by atoms with van der Waals surface area (Å²) in [7, 11) is 1.88. The Morgan fingerprint density at radius 2 is 2.21 bits per heavy atom. The number of aliphatic carboxylic acids is 1. The summed E-state index contributed by atoms with van der Waals surface area (Å²) >= 11 is 6.11. The number of hydrogen-bond donors (Lipinski definition) is 2. The summed E-state index contributed by atoms with van der Waals surface area (Å²) in [6, 6.07) is 3.64. The van der Waals surface area contributed by atoms with Crippen LogP contribution in [-0.2, 0) is 11.8 Å². The van der Waals surface area contributed by atoms with E-state index < -0.39 is 5.97 Å². The fraction of sp³-hybridized carbons (Fsp3) is 0.312. The second-order valence-electron chi connectivity index (χ2n) is 5.58. The maximum Gasteiger partial charge on any atom is 0.303 e. The van der Waals surface area contributed by atoms with Crippen molar-refractivity contribution in [2.75, 3.05) is 11.9 Å². The average molecular weight is 348 g/mol. The molecular weight excluding hydrogens is 330 g/mol. The van der Waals surface area contributed by atoms with E-state index in [2.05, 4.69) is 15.4 Å². The standard InChI is InChI=1S/C16H18ClN5O2/c1-10-12(8-19-21(10)2)15-16(18-7-3-4-14(23)24)22-9-11(17)5-6-13(22)20-15/h5-6,8-9,18H,3-4,7H2,1-2H3,(H,23,24). The summed E-state index contributed by atoms with van der Waals surface area (Å²) in [4.78, 5) is 15.4. The van der Waals surface area contributed by atoms with Crippen LogP contribution in [0.3, 0.4) is 0 Å². The lowest BCUT2D eigenvalue weighted by atomic mass is 10.2. The predicted molar refractivity (Wildman–Crippen MR) is 92.5 cm³/mol. The van der Waals surface area contributed by atoms with Crippen molar-refractivity contribution >= 4 is 29.0 Å². The number of fused-ring (bicyclic) bond motifs is 1. The van der Waals surface area contributed by atoms with E-state index in [-0.39, 0.29) is 6.42 Å².